The van der Waals surface area contributed by atoms with Gasteiger partial charge in [-0.2, -0.15) is 17.5 Å². The average Bonchev–Trinajstić information content (AvgIpc) is 3.21. The predicted octanol–water partition coefficient (Wildman–Crippen LogP) is 6.15. The van der Waals surface area contributed by atoms with E-state index < -0.39 is 55.5 Å². The number of rotatable bonds is 7. The van der Waals surface area contributed by atoms with Gasteiger partial charge in [-0.3, -0.25) is 4.79 Å². The van der Waals surface area contributed by atoms with E-state index in [1.54, 1.807) is 0 Å². The minimum atomic E-state index is -4.60. The molecule has 2 spiro atoms. The Morgan fingerprint density at radius 1 is 1.05 bits per heavy atom. The third-order valence-electron chi connectivity index (χ3n) is 12.8. The largest absolute Gasteiger partial charge is 0.416 e. The molecule has 10 heteroatoms. The fourth-order valence-corrected chi connectivity index (χ4v) is 11.5. The van der Waals surface area contributed by atoms with Gasteiger partial charge in [-0.25, -0.2) is 8.42 Å². The number of aliphatic hydroxyl groups excluding tert-OH is 1. The number of benzene rings is 1. The number of aliphatic hydroxyl groups is 2. The molecule has 6 aliphatic rings. The minimum absolute atomic E-state index is 0.0238. The number of carbonyl (C=O) groups is 1. The second kappa shape index (κ2) is 9.99. The molecule has 1 aromatic rings. The Morgan fingerprint density at radius 2 is 1.70 bits per heavy atom. The fourth-order valence-electron chi connectivity index (χ4n) is 10.5. The van der Waals surface area contributed by atoms with E-state index in [0.29, 0.717) is 50.5 Å². The van der Waals surface area contributed by atoms with Crippen molar-refractivity contribution in [3.63, 3.8) is 0 Å². The summed E-state index contributed by atoms with van der Waals surface area (Å²) in [5.41, 5.74) is -4.29. The van der Waals surface area contributed by atoms with Crippen LogP contribution in [0.15, 0.2) is 48.1 Å². The molecule has 242 valence electrons. The Hall–Kier alpha value is -2.01. The van der Waals surface area contributed by atoms with Crippen LogP contribution < -0.4 is 0 Å². The van der Waals surface area contributed by atoms with Gasteiger partial charge in [0.15, 0.2) is 5.78 Å². The molecule has 3 fully saturated rings. The SMILES string of the molecule is CCCN(CC1(O)CCC2C34C=CC5(C=C3C(=O)c3cccc(C(F)(F)F)c3)CC(O)CCC5(C)C4CCC21C)S(C)(=O)=O. The van der Waals surface area contributed by atoms with Gasteiger partial charge in [-0.15, -0.1) is 0 Å². The zero-order valence-electron chi connectivity index (χ0n) is 26.0. The number of ketones is 1. The van der Waals surface area contributed by atoms with Gasteiger partial charge < -0.3 is 10.2 Å². The first kappa shape index (κ1) is 32.0. The van der Waals surface area contributed by atoms with Crippen LogP contribution in [0.3, 0.4) is 0 Å². The topological polar surface area (TPSA) is 94.9 Å². The lowest BCUT2D eigenvalue weighted by Crippen LogP contribution is -2.67. The molecule has 1 aromatic carbocycles. The van der Waals surface area contributed by atoms with E-state index in [4.69, 9.17) is 0 Å². The number of hydrogen-bond donors (Lipinski definition) is 2. The number of carbonyl (C=O) groups excluding carboxylic acids is 1. The first-order valence-corrected chi connectivity index (χ1v) is 17.7. The molecule has 0 heterocycles. The van der Waals surface area contributed by atoms with E-state index in [2.05, 4.69) is 19.1 Å². The highest BCUT2D eigenvalue weighted by Gasteiger charge is 2.74. The van der Waals surface area contributed by atoms with Crippen molar-refractivity contribution >= 4 is 15.8 Å². The van der Waals surface area contributed by atoms with Gasteiger partial charge in [-0.05, 0) is 80.8 Å². The molecule has 6 nitrogen and oxygen atoms in total. The first-order chi connectivity index (χ1) is 20.4. The molecule has 7 rings (SSSR count). The van der Waals surface area contributed by atoms with E-state index in [-0.39, 0.29) is 35.9 Å². The molecular weight excluding hydrogens is 591 g/mol. The number of hydrogen-bond acceptors (Lipinski definition) is 5. The highest BCUT2D eigenvalue weighted by atomic mass is 32.2. The van der Waals surface area contributed by atoms with Gasteiger partial charge in [0, 0.05) is 40.5 Å². The molecule has 0 aromatic heterocycles. The van der Waals surface area contributed by atoms with E-state index in [1.807, 2.05) is 19.9 Å². The zero-order chi connectivity index (χ0) is 32.1. The molecule has 2 N–H and O–H groups in total. The summed E-state index contributed by atoms with van der Waals surface area (Å²) in [6.07, 6.45) is 6.87. The molecule has 2 bridgehead atoms. The quantitative estimate of drug-likeness (QED) is 0.277. The van der Waals surface area contributed by atoms with Crippen molar-refractivity contribution in [3.05, 3.63) is 59.2 Å². The number of sulfonamides is 1. The van der Waals surface area contributed by atoms with Crippen LogP contribution in [0.1, 0.15) is 88.1 Å². The maximum absolute atomic E-state index is 14.5. The molecule has 0 radical (unpaired) electrons. The lowest BCUT2D eigenvalue weighted by molar-refractivity contribution is -0.173. The fraction of sp³-hybridized carbons (Fsp3) is 0.676. The van der Waals surface area contributed by atoms with Crippen molar-refractivity contribution in [3.8, 4) is 0 Å². The molecule has 44 heavy (non-hydrogen) atoms. The molecule has 0 aliphatic heterocycles. The third kappa shape index (κ3) is 4.29. The molecular formula is C34H44F3NO5S. The third-order valence-corrected chi connectivity index (χ3v) is 14.0. The normalized spacial score (nSPS) is 41.2. The Balaban J connectivity index is 1.51. The summed E-state index contributed by atoms with van der Waals surface area (Å²) < 4.78 is 68.0. The van der Waals surface area contributed by atoms with Gasteiger partial charge in [0.1, 0.15) is 0 Å². The van der Waals surface area contributed by atoms with Crippen LogP contribution in [-0.4, -0.2) is 59.8 Å². The van der Waals surface area contributed by atoms with Crippen LogP contribution in [0.2, 0.25) is 0 Å². The highest BCUT2D eigenvalue weighted by molar-refractivity contribution is 7.88. The van der Waals surface area contributed by atoms with Crippen LogP contribution in [-0.2, 0) is 16.2 Å². The van der Waals surface area contributed by atoms with Crippen LogP contribution in [0.4, 0.5) is 13.2 Å². The Morgan fingerprint density at radius 3 is 2.36 bits per heavy atom. The van der Waals surface area contributed by atoms with Crippen LogP contribution in [0.5, 0.6) is 0 Å². The number of halogens is 3. The maximum atomic E-state index is 14.5. The summed E-state index contributed by atoms with van der Waals surface area (Å²) >= 11 is 0. The van der Waals surface area contributed by atoms with Crippen LogP contribution in [0, 0.1) is 33.5 Å². The van der Waals surface area contributed by atoms with Crippen molar-refractivity contribution in [1.29, 1.82) is 0 Å². The molecule has 0 saturated heterocycles. The number of fused-ring (bicyclic) bond motifs is 1. The summed E-state index contributed by atoms with van der Waals surface area (Å²) in [4.78, 5) is 14.5. The highest BCUT2D eigenvalue weighted by Crippen LogP contribution is 2.78. The molecule has 6 aliphatic carbocycles. The summed E-state index contributed by atoms with van der Waals surface area (Å²) in [6.45, 7) is 6.40. The van der Waals surface area contributed by atoms with Crippen molar-refractivity contribution in [1.82, 2.24) is 4.31 Å². The Bertz CT molecular complexity index is 1540. The first-order valence-electron chi connectivity index (χ1n) is 15.9. The maximum Gasteiger partial charge on any atom is 0.416 e. The molecule has 3 saturated carbocycles. The van der Waals surface area contributed by atoms with Gasteiger partial charge >= 0.3 is 6.18 Å². The Labute approximate surface area is 258 Å². The molecule has 0 amide bonds. The summed E-state index contributed by atoms with van der Waals surface area (Å²) in [5.74, 6) is -0.708. The summed E-state index contributed by atoms with van der Waals surface area (Å²) in [5, 5.41) is 23.3. The van der Waals surface area contributed by atoms with Gasteiger partial charge in [0.2, 0.25) is 10.0 Å². The summed E-state index contributed by atoms with van der Waals surface area (Å²) in [6, 6.07) is 4.59. The van der Waals surface area contributed by atoms with E-state index >= 15 is 0 Å². The lowest BCUT2D eigenvalue weighted by atomic mass is 9.32. The van der Waals surface area contributed by atoms with Crippen molar-refractivity contribution in [2.45, 2.75) is 90.0 Å². The second-order valence-electron chi connectivity index (χ2n) is 14.8. The van der Waals surface area contributed by atoms with Gasteiger partial charge in [0.25, 0.3) is 0 Å². The van der Waals surface area contributed by atoms with E-state index in [0.717, 1.165) is 24.8 Å². The standard InChI is InChI=1S/C34H44F3NO5S/c1-5-17-38(44(4,42)43)21-32(41)14-11-27-30(32,3)13-10-26-29(2)12-9-24(39)19-31(29)15-16-33(26,27)25(20-31)28(40)22-7-6-8-23(18-22)34(35,36)37/h6-8,15-16,18,20,24,26-27,39,41H,5,9-14,17,19,21H2,1-4H3. The monoisotopic (exact) mass is 635 g/mol. The van der Waals surface area contributed by atoms with Crippen molar-refractivity contribution < 1.29 is 36.6 Å². The predicted molar refractivity (Wildman–Crippen MR) is 161 cm³/mol. The van der Waals surface area contributed by atoms with Crippen LogP contribution >= 0.6 is 0 Å². The number of allylic oxidation sites excluding steroid dienone is 4. The zero-order valence-corrected chi connectivity index (χ0v) is 26.8. The van der Waals surface area contributed by atoms with Gasteiger partial charge in [0.05, 0.1) is 23.5 Å². The number of nitrogens with zero attached hydrogens (tertiary/aromatic N) is 1. The number of alkyl halides is 3. The number of Topliss-reactive ketones (excluding diaryl/α,β-unsaturated/α-hetero) is 1. The summed E-state index contributed by atoms with van der Waals surface area (Å²) in [7, 11) is -3.58. The molecule has 8 unspecified atom stereocenters. The van der Waals surface area contributed by atoms with Crippen LogP contribution in [0.25, 0.3) is 0 Å². The Kier molecular flexibility index (Phi) is 7.26. The van der Waals surface area contributed by atoms with E-state index in [9.17, 15) is 36.6 Å². The molecule has 8 atom stereocenters. The second-order valence-corrected chi connectivity index (χ2v) is 16.8. The van der Waals surface area contributed by atoms with Gasteiger partial charge in [-0.1, -0.05) is 51.1 Å². The van der Waals surface area contributed by atoms with Crippen molar-refractivity contribution in [2.75, 3.05) is 19.3 Å². The van der Waals surface area contributed by atoms with E-state index in [1.165, 1.54) is 16.4 Å². The van der Waals surface area contributed by atoms with Crippen molar-refractivity contribution in [2.24, 2.45) is 33.5 Å². The minimum Gasteiger partial charge on any atom is -0.393 e. The average molecular weight is 636 g/mol. The lowest BCUT2D eigenvalue weighted by Gasteiger charge is -2.71. The smallest absolute Gasteiger partial charge is 0.393 e.